The average Bonchev–Trinajstić information content (AvgIpc) is 3.27. The maximum atomic E-state index is 13.1. The Bertz CT molecular complexity index is 923. The number of sulfonamides is 1. The number of nitrogens with zero attached hydrogens (tertiary/aromatic N) is 1. The van der Waals surface area contributed by atoms with Crippen LogP contribution in [0.15, 0.2) is 40.6 Å². The zero-order chi connectivity index (χ0) is 20.9. The fraction of sp³-hybridized carbons (Fsp3) is 0.450. The number of carbonyl (C=O) groups excluding carboxylic acids is 1. The van der Waals surface area contributed by atoms with Gasteiger partial charge in [-0.15, -0.1) is 11.3 Å². The van der Waals surface area contributed by atoms with Crippen molar-refractivity contribution < 1.29 is 17.9 Å². The van der Waals surface area contributed by atoms with Crippen molar-refractivity contribution in [2.24, 2.45) is 0 Å². The molecule has 2 N–H and O–H groups in total. The first kappa shape index (κ1) is 21.8. The topological polar surface area (TPSA) is 87.7 Å². The van der Waals surface area contributed by atoms with E-state index in [0.29, 0.717) is 18.8 Å². The Morgan fingerprint density at radius 1 is 1.24 bits per heavy atom. The zero-order valence-electron chi connectivity index (χ0n) is 16.7. The summed E-state index contributed by atoms with van der Waals surface area (Å²) in [6, 6.07) is 8.75. The van der Waals surface area contributed by atoms with Crippen LogP contribution in [0, 0.1) is 0 Å². The van der Waals surface area contributed by atoms with Gasteiger partial charge in [0.25, 0.3) is 0 Å². The van der Waals surface area contributed by atoms with E-state index < -0.39 is 10.0 Å². The second-order valence-electron chi connectivity index (χ2n) is 7.00. The molecule has 0 saturated carbocycles. The van der Waals surface area contributed by atoms with E-state index in [1.807, 2.05) is 24.4 Å². The maximum Gasteiger partial charge on any atom is 0.246 e. The summed E-state index contributed by atoms with van der Waals surface area (Å²) in [5.74, 6) is 0.0397. The van der Waals surface area contributed by atoms with E-state index in [4.69, 9.17) is 4.74 Å². The number of carbonyl (C=O) groups is 1. The third kappa shape index (κ3) is 5.36. The Labute approximate surface area is 176 Å². The monoisotopic (exact) mass is 437 g/mol. The van der Waals surface area contributed by atoms with Gasteiger partial charge in [-0.25, -0.2) is 8.42 Å². The van der Waals surface area contributed by atoms with Crippen LogP contribution in [-0.4, -0.2) is 45.4 Å². The molecule has 9 heteroatoms. The molecule has 1 aromatic heterocycles. The standard InChI is InChI=1S/C20H27N3O4S2/c1-15(18-7-6-12-28-18)21-14-20(24)22-16-8-9-17(27-2)19(13-16)29(25,26)23-10-4-3-5-11-23/h6-9,12-13,15,21H,3-5,10-11,14H2,1-2H3,(H,22,24). The Morgan fingerprint density at radius 2 is 2.00 bits per heavy atom. The summed E-state index contributed by atoms with van der Waals surface area (Å²) in [6.45, 7) is 3.13. The van der Waals surface area contributed by atoms with E-state index in [-0.39, 0.29) is 29.1 Å². The van der Waals surface area contributed by atoms with E-state index in [1.165, 1.54) is 17.5 Å². The predicted octanol–water partition coefficient (Wildman–Crippen LogP) is 3.22. The number of hydrogen-bond donors (Lipinski definition) is 2. The number of methoxy groups -OCH3 is 1. The molecule has 1 saturated heterocycles. The lowest BCUT2D eigenvalue weighted by atomic mass is 10.2. The van der Waals surface area contributed by atoms with E-state index in [1.54, 1.807) is 23.5 Å². The van der Waals surface area contributed by atoms with Gasteiger partial charge in [0.2, 0.25) is 15.9 Å². The molecule has 2 heterocycles. The van der Waals surface area contributed by atoms with Crippen LogP contribution in [0.1, 0.15) is 37.1 Å². The number of hydrogen-bond acceptors (Lipinski definition) is 6. The number of benzene rings is 1. The lowest BCUT2D eigenvalue weighted by molar-refractivity contribution is -0.115. The molecule has 0 aliphatic carbocycles. The van der Waals surface area contributed by atoms with Gasteiger partial charge < -0.3 is 15.4 Å². The molecule has 1 amide bonds. The first-order chi connectivity index (χ1) is 13.9. The minimum Gasteiger partial charge on any atom is -0.495 e. The van der Waals surface area contributed by atoms with Gasteiger partial charge in [-0.2, -0.15) is 4.31 Å². The molecular formula is C20H27N3O4S2. The quantitative estimate of drug-likeness (QED) is 0.662. The van der Waals surface area contributed by atoms with Crippen LogP contribution in [0.25, 0.3) is 0 Å². The van der Waals surface area contributed by atoms with Crippen LogP contribution in [0.4, 0.5) is 5.69 Å². The van der Waals surface area contributed by atoms with E-state index >= 15 is 0 Å². The van der Waals surface area contributed by atoms with Gasteiger partial charge in [0.05, 0.1) is 13.7 Å². The minimum absolute atomic E-state index is 0.0617. The molecule has 1 aliphatic heterocycles. The SMILES string of the molecule is COc1ccc(NC(=O)CNC(C)c2cccs2)cc1S(=O)(=O)N1CCCCC1. The van der Waals surface area contributed by atoms with Gasteiger partial charge in [0.1, 0.15) is 10.6 Å². The molecule has 7 nitrogen and oxygen atoms in total. The molecule has 0 radical (unpaired) electrons. The van der Waals surface area contributed by atoms with Crippen molar-refractivity contribution >= 4 is 33.0 Å². The van der Waals surface area contributed by atoms with Crippen LogP contribution in [0.3, 0.4) is 0 Å². The predicted molar refractivity (Wildman–Crippen MR) is 115 cm³/mol. The normalized spacial score (nSPS) is 16.3. The molecule has 3 rings (SSSR count). The van der Waals surface area contributed by atoms with Gasteiger partial charge in [0, 0.05) is 29.7 Å². The van der Waals surface area contributed by atoms with E-state index in [2.05, 4.69) is 10.6 Å². The molecule has 1 unspecified atom stereocenters. The van der Waals surface area contributed by atoms with Crippen molar-refractivity contribution in [3.8, 4) is 5.75 Å². The number of ether oxygens (including phenoxy) is 1. The highest BCUT2D eigenvalue weighted by atomic mass is 32.2. The smallest absolute Gasteiger partial charge is 0.246 e. The van der Waals surface area contributed by atoms with Gasteiger partial charge in [0.15, 0.2) is 0 Å². The van der Waals surface area contributed by atoms with E-state index in [9.17, 15) is 13.2 Å². The summed E-state index contributed by atoms with van der Waals surface area (Å²) in [5, 5.41) is 7.94. The minimum atomic E-state index is -3.68. The van der Waals surface area contributed by atoms with Crippen LogP contribution in [0.5, 0.6) is 5.75 Å². The number of nitrogens with one attached hydrogen (secondary N) is 2. The Kier molecular flexibility index (Phi) is 7.28. The third-order valence-electron chi connectivity index (χ3n) is 4.92. The summed E-state index contributed by atoms with van der Waals surface area (Å²) in [7, 11) is -2.23. The van der Waals surface area contributed by atoms with Crippen molar-refractivity contribution in [3.05, 3.63) is 40.6 Å². The molecule has 0 spiro atoms. The third-order valence-corrected chi connectivity index (χ3v) is 7.89. The summed E-state index contributed by atoms with van der Waals surface area (Å²) < 4.78 is 32.9. The first-order valence-corrected chi connectivity index (χ1v) is 12.0. The molecule has 1 fully saturated rings. The summed E-state index contributed by atoms with van der Waals surface area (Å²) in [6.07, 6.45) is 2.74. The van der Waals surface area contributed by atoms with Crippen LogP contribution < -0.4 is 15.4 Å². The first-order valence-electron chi connectivity index (χ1n) is 9.66. The highest BCUT2D eigenvalue weighted by Gasteiger charge is 2.29. The average molecular weight is 438 g/mol. The number of anilines is 1. The fourth-order valence-electron chi connectivity index (χ4n) is 3.29. The van der Waals surface area contributed by atoms with Gasteiger partial charge >= 0.3 is 0 Å². The zero-order valence-corrected chi connectivity index (χ0v) is 18.3. The van der Waals surface area contributed by atoms with Crippen molar-refractivity contribution in [1.82, 2.24) is 9.62 Å². The molecule has 0 bridgehead atoms. The highest BCUT2D eigenvalue weighted by molar-refractivity contribution is 7.89. The highest BCUT2D eigenvalue weighted by Crippen LogP contribution is 2.31. The lowest BCUT2D eigenvalue weighted by Gasteiger charge is -2.26. The van der Waals surface area contributed by atoms with Gasteiger partial charge in [-0.3, -0.25) is 4.79 Å². The van der Waals surface area contributed by atoms with Crippen molar-refractivity contribution in [2.45, 2.75) is 37.1 Å². The Balaban J connectivity index is 1.70. The number of piperidine rings is 1. The van der Waals surface area contributed by atoms with E-state index in [0.717, 1.165) is 24.1 Å². The summed E-state index contributed by atoms with van der Waals surface area (Å²) in [5.41, 5.74) is 0.428. The molecule has 1 aromatic carbocycles. The largest absolute Gasteiger partial charge is 0.495 e. The molecule has 158 valence electrons. The second kappa shape index (κ2) is 9.71. The Hall–Kier alpha value is -1.94. The summed E-state index contributed by atoms with van der Waals surface area (Å²) in [4.78, 5) is 13.6. The van der Waals surface area contributed by atoms with Gasteiger partial charge in [-0.05, 0) is 49.4 Å². The van der Waals surface area contributed by atoms with Crippen LogP contribution in [0.2, 0.25) is 0 Å². The maximum absolute atomic E-state index is 13.1. The molecule has 1 aliphatic rings. The van der Waals surface area contributed by atoms with Crippen molar-refractivity contribution in [1.29, 1.82) is 0 Å². The second-order valence-corrected chi connectivity index (χ2v) is 9.88. The fourth-order valence-corrected chi connectivity index (χ4v) is 5.75. The van der Waals surface area contributed by atoms with Crippen LogP contribution >= 0.6 is 11.3 Å². The number of thiophene rings is 1. The van der Waals surface area contributed by atoms with Gasteiger partial charge in [-0.1, -0.05) is 12.5 Å². The molecular weight excluding hydrogens is 410 g/mol. The Morgan fingerprint density at radius 3 is 2.66 bits per heavy atom. The van der Waals surface area contributed by atoms with Crippen LogP contribution in [-0.2, 0) is 14.8 Å². The molecule has 29 heavy (non-hydrogen) atoms. The van der Waals surface area contributed by atoms with Crippen molar-refractivity contribution in [2.75, 3.05) is 32.1 Å². The number of amides is 1. The molecule has 1 atom stereocenters. The lowest BCUT2D eigenvalue weighted by Crippen LogP contribution is -2.35. The number of rotatable bonds is 8. The molecule has 2 aromatic rings. The summed E-state index contributed by atoms with van der Waals surface area (Å²) >= 11 is 1.63. The van der Waals surface area contributed by atoms with Crippen molar-refractivity contribution in [3.63, 3.8) is 0 Å².